The summed E-state index contributed by atoms with van der Waals surface area (Å²) in [6.07, 6.45) is 0. The van der Waals surface area contributed by atoms with Gasteiger partial charge in [0.1, 0.15) is 4.21 Å². The molecule has 0 atom stereocenters. The van der Waals surface area contributed by atoms with Crippen LogP contribution in [0.3, 0.4) is 0 Å². The number of methoxy groups -OCH3 is 1. The molecule has 8 nitrogen and oxygen atoms in total. The third-order valence-electron chi connectivity index (χ3n) is 2.41. The number of aromatic nitrogens is 3. The lowest BCUT2D eigenvalue weighted by atomic mass is 10.6. The van der Waals surface area contributed by atoms with Crippen molar-refractivity contribution in [1.82, 2.24) is 19.7 Å². The summed E-state index contributed by atoms with van der Waals surface area (Å²) in [5.41, 5.74) is 0. The van der Waals surface area contributed by atoms with Gasteiger partial charge in [-0.1, -0.05) is 6.07 Å². The number of ether oxygens (including phenoxy) is 1. The number of nitrogens with zero attached hydrogens (tertiary/aromatic N) is 4. The first-order valence-electron chi connectivity index (χ1n) is 5.92. The van der Waals surface area contributed by atoms with E-state index in [0.717, 1.165) is 11.3 Å². The number of anilines is 1. The zero-order chi connectivity index (χ0) is 15.5. The summed E-state index contributed by atoms with van der Waals surface area (Å²) < 4.78 is 31.7. The van der Waals surface area contributed by atoms with E-state index in [9.17, 15) is 8.42 Å². The van der Waals surface area contributed by atoms with Gasteiger partial charge in [-0.2, -0.15) is 15.0 Å². The van der Waals surface area contributed by atoms with Crippen molar-refractivity contribution in [2.75, 3.05) is 26.1 Å². The van der Waals surface area contributed by atoms with Crippen LogP contribution in [0.5, 0.6) is 6.01 Å². The van der Waals surface area contributed by atoms with Crippen molar-refractivity contribution in [3.05, 3.63) is 23.3 Å². The van der Waals surface area contributed by atoms with E-state index in [1.165, 1.54) is 13.2 Å². The minimum atomic E-state index is -3.55. The maximum atomic E-state index is 12.0. The predicted molar refractivity (Wildman–Crippen MR) is 79.1 cm³/mol. The maximum Gasteiger partial charge on any atom is 0.321 e. The minimum absolute atomic E-state index is 0.0417. The van der Waals surface area contributed by atoms with Crippen molar-refractivity contribution in [2.45, 2.75) is 10.8 Å². The Morgan fingerprint density at radius 2 is 2.10 bits per heavy atom. The van der Waals surface area contributed by atoms with Crippen LogP contribution >= 0.6 is 11.3 Å². The van der Waals surface area contributed by atoms with Gasteiger partial charge in [-0.3, -0.25) is 0 Å². The van der Waals surface area contributed by atoms with E-state index in [1.54, 1.807) is 30.4 Å². The molecule has 0 fully saturated rings. The van der Waals surface area contributed by atoms with Gasteiger partial charge >= 0.3 is 6.01 Å². The molecule has 0 unspecified atom stereocenters. The molecule has 0 radical (unpaired) electrons. The van der Waals surface area contributed by atoms with Crippen LogP contribution in [-0.2, 0) is 16.6 Å². The van der Waals surface area contributed by atoms with Gasteiger partial charge < -0.3 is 9.64 Å². The van der Waals surface area contributed by atoms with Crippen LogP contribution in [0.25, 0.3) is 0 Å². The second-order valence-corrected chi connectivity index (χ2v) is 7.13. The number of sulfonamides is 1. The Morgan fingerprint density at radius 1 is 1.33 bits per heavy atom. The SMILES string of the molecule is COc1nc(CNS(=O)(=O)c2cccs2)nc(N(C)C)n1. The zero-order valence-corrected chi connectivity index (χ0v) is 13.4. The van der Waals surface area contributed by atoms with E-state index >= 15 is 0 Å². The van der Waals surface area contributed by atoms with Crippen LogP contribution < -0.4 is 14.4 Å². The molecule has 114 valence electrons. The molecule has 10 heteroatoms. The summed E-state index contributed by atoms with van der Waals surface area (Å²) in [6.45, 7) is -0.0417. The highest BCUT2D eigenvalue weighted by Crippen LogP contribution is 2.16. The predicted octanol–water partition coefficient (Wildman–Crippen LogP) is 0.486. The van der Waals surface area contributed by atoms with Crippen molar-refractivity contribution < 1.29 is 13.2 Å². The molecule has 0 aliphatic heterocycles. The van der Waals surface area contributed by atoms with Gasteiger partial charge in [0.2, 0.25) is 16.0 Å². The normalized spacial score (nSPS) is 11.4. The molecule has 0 bridgehead atoms. The molecule has 2 aromatic heterocycles. The third kappa shape index (κ3) is 3.86. The average molecular weight is 329 g/mol. The molecule has 21 heavy (non-hydrogen) atoms. The summed E-state index contributed by atoms with van der Waals surface area (Å²) in [5, 5.41) is 1.70. The van der Waals surface area contributed by atoms with E-state index in [0.29, 0.717) is 5.95 Å². The van der Waals surface area contributed by atoms with Gasteiger partial charge in [0.05, 0.1) is 13.7 Å². The molecule has 0 aliphatic rings. The van der Waals surface area contributed by atoms with Crippen molar-refractivity contribution in [3.63, 3.8) is 0 Å². The quantitative estimate of drug-likeness (QED) is 0.823. The van der Waals surface area contributed by atoms with Crippen molar-refractivity contribution in [1.29, 1.82) is 0 Å². The number of thiophene rings is 1. The largest absolute Gasteiger partial charge is 0.467 e. The van der Waals surface area contributed by atoms with Crippen LogP contribution in [0.15, 0.2) is 21.7 Å². The molecular formula is C11H15N5O3S2. The summed E-state index contributed by atoms with van der Waals surface area (Å²) in [5.74, 6) is 0.679. The fraction of sp³-hybridized carbons (Fsp3) is 0.364. The lowest BCUT2D eigenvalue weighted by Gasteiger charge is -2.12. The summed E-state index contributed by atoms with van der Waals surface area (Å²) in [7, 11) is 1.43. The van der Waals surface area contributed by atoms with E-state index in [4.69, 9.17) is 4.74 Å². The molecule has 1 N–H and O–H groups in total. The van der Waals surface area contributed by atoms with Crippen LogP contribution in [0.1, 0.15) is 5.82 Å². The summed E-state index contributed by atoms with van der Waals surface area (Å²) >= 11 is 1.14. The first-order chi connectivity index (χ1) is 9.92. The Balaban J connectivity index is 2.18. The smallest absolute Gasteiger partial charge is 0.321 e. The van der Waals surface area contributed by atoms with Crippen LogP contribution in [0.4, 0.5) is 5.95 Å². The number of rotatable bonds is 6. The molecule has 2 rings (SSSR count). The zero-order valence-electron chi connectivity index (χ0n) is 11.8. The van der Waals surface area contributed by atoms with Crippen LogP contribution in [0.2, 0.25) is 0 Å². The molecule has 0 amide bonds. The lowest BCUT2D eigenvalue weighted by molar-refractivity contribution is 0.375. The van der Waals surface area contributed by atoms with E-state index in [-0.39, 0.29) is 22.6 Å². The van der Waals surface area contributed by atoms with Crippen LogP contribution in [-0.4, -0.2) is 44.6 Å². The molecule has 2 heterocycles. The summed E-state index contributed by atoms with van der Waals surface area (Å²) in [6, 6.07) is 3.35. The Bertz CT molecular complexity index is 701. The Morgan fingerprint density at radius 3 is 2.67 bits per heavy atom. The maximum absolute atomic E-state index is 12.0. The highest BCUT2D eigenvalue weighted by atomic mass is 32.2. The van der Waals surface area contributed by atoms with Crippen molar-refractivity contribution >= 4 is 27.3 Å². The molecule has 0 saturated heterocycles. The van der Waals surface area contributed by atoms with Gasteiger partial charge in [0.15, 0.2) is 5.82 Å². The minimum Gasteiger partial charge on any atom is -0.467 e. The Labute approximate surface area is 126 Å². The highest BCUT2D eigenvalue weighted by Gasteiger charge is 2.16. The van der Waals surface area contributed by atoms with Crippen LogP contribution in [0, 0.1) is 0 Å². The highest BCUT2D eigenvalue weighted by molar-refractivity contribution is 7.91. The fourth-order valence-electron chi connectivity index (χ4n) is 1.40. The first-order valence-corrected chi connectivity index (χ1v) is 8.28. The number of hydrogen-bond donors (Lipinski definition) is 1. The Hall–Kier alpha value is -1.78. The average Bonchev–Trinajstić information content (AvgIpc) is 3.00. The molecule has 2 aromatic rings. The van der Waals surface area contributed by atoms with E-state index in [2.05, 4.69) is 19.7 Å². The number of hydrogen-bond acceptors (Lipinski definition) is 8. The fourth-order valence-corrected chi connectivity index (χ4v) is 3.42. The molecule has 0 aliphatic carbocycles. The summed E-state index contributed by atoms with van der Waals surface area (Å²) in [4.78, 5) is 13.9. The standard InChI is InChI=1S/C11H15N5O3S2/c1-16(2)10-13-8(14-11(15-10)19-3)7-12-21(17,18)9-5-4-6-20-9/h4-6,12H,7H2,1-3H3. The van der Waals surface area contributed by atoms with Crippen molar-refractivity contribution in [3.8, 4) is 6.01 Å². The van der Waals surface area contributed by atoms with Crippen molar-refractivity contribution in [2.24, 2.45) is 0 Å². The Kier molecular flexibility index (Phi) is 4.70. The first kappa shape index (κ1) is 15.6. The third-order valence-corrected chi connectivity index (χ3v) is 5.21. The van der Waals surface area contributed by atoms with Gasteiger partial charge in [0, 0.05) is 14.1 Å². The van der Waals surface area contributed by atoms with Gasteiger partial charge in [-0.25, -0.2) is 13.1 Å². The van der Waals surface area contributed by atoms with Gasteiger partial charge in [-0.05, 0) is 11.4 Å². The molecule has 0 saturated carbocycles. The molecular weight excluding hydrogens is 314 g/mol. The van der Waals surface area contributed by atoms with Gasteiger partial charge in [0.25, 0.3) is 0 Å². The monoisotopic (exact) mass is 329 g/mol. The van der Waals surface area contributed by atoms with Gasteiger partial charge in [-0.15, -0.1) is 11.3 Å². The topological polar surface area (TPSA) is 97.3 Å². The molecule has 0 spiro atoms. The van der Waals surface area contributed by atoms with E-state index in [1.807, 2.05) is 0 Å². The lowest BCUT2D eigenvalue weighted by Crippen LogP contribution is -2.24. The second kappa shape index (κ2) is 6.33. The van der Waals surface area contributed by atoms with E-state index < -0.39 is 10.0 Å². The number of nitrogens with one attached hydrogen (secondary N) is 1. The molecule has 0 aromatic carbocycles. The second-order valence-electron chi connectivity index (χ2n) is 4.19.